The zero-order chi connectivity index (χ0) is 9.97. The van der Waals surface area contributed by atoms with E-state index in [1.54, 1.807) is 24.5 Å². The lowest BCUT2D eigenvalue weighted by atomic mass is 9.97. The Morgan fingerprint density at radius 3 is 3.07 bits per heavy atom. The molecule has 14 heavy (non-hydrogen) atoms. The Labute approximate surface area is 83.1 Å². The molecule has 2 atom stereocenters. The van der Waals surface area contributed by atoms with Gasteiger partial charge in [0.15, 0.2) is 5.78 Å². The molecule has 0 amide bonds. The molecule has 0 aromatic carbocycles. The van der Waals surface area contributed by atoms with Crippen LogP contribution >= 0.6 is 0 Å². The summed E-state index contributed by atoms with van der Waals surface area (Å²) in [6, 6.07) is 3.55. The molecule has 0 radical (unpaired) electrons. The highest BCUT2D eigenvalue weighted by Crippen LogP contribution is 2.23. The van der Waals surface area contributed by atoms with Crippen molar-refractivity contribution >= 4 is 5.78 Å². The quantitative estimate of drug-likeness (QED) is 0.668. The molecule has 1 fully saturated rings. The van der Waals surface area contributed by atoms with Crippen LogP contribution in [0.3, 0.4) is 0 Å². The number of pyridine rings is 1. The van der Waals surface area contributed by atoms with Crippen molar-refractivity contribution in [3.05, 3.63) is 30.1 Å². The monoisotopic (exact) mass is 191 g/mol. The van der Waals surface area contributed by atoms with Crippen LogP contribution in [0.4, 0.5) is 0 Å². The molecule has 1 aliphatic rings. The van der Waals surface area contributed by atoms with Gasteiger partial charge in [-0.05, 0) is 24.5 Å². The van der Waals surface area contributed by atoms with E-state index in [1.165, 1.54) is 0 Å². The van der Waals surface area contributed by atoms with Crippen molar-refractivity contribution in [3.8, 4) is 0 Å². The van der Waals surface area contributed by atoms with Gasteiger partial charge in [-0.25, -0.2) is 0 Å². The first kappa shape index (κ1) is 9.34. The molecule has 2 rings (SSSR count). The summed E-state index contributed by atoms with van der Waals surface area (Å²) in [5.74, 6) is 0.380. The van der Waals surface area contributed by atoms with E-state index in [-0.39, 0.29) is 11.9 Å². The van der Waals surface area contributed by atoms with Gasteiger partial charge in [0.25, 0.3) is 0 Å². The van der Waals surface area contributed by atoms with Crippen LogP contribution in [0.25, 0.3) is 0 Å². The number of aromatic nitrogens is 1. The van der Waals surface area contributed by atoms with Crippen LogP contribution in [0.1, 0.15) is 23.7 Å². The van der Waals surface area contributed by atoms with Crippen LogP contribution < -0.4 is 0 Å². The van der Waals surface area contributed by atoms with Crippen LogP contribution in [0, 0.1) is 5.92 Å². The van der Waals surface area contributed by atoms with Crippen LogP contribution in [-0.2, 0) is 4.74 Å². The second-order valence-electron chi connectivity index (χ2n) is 3.66. The summed E-state index contributed by atoms with van der Waals surface area (Å²) in [5, 5.41) is 0. The van der Waals surface area contributed by atoms with Gasteiger partial charge in [0.05, 0.1) is 0 Å². The number of carbonyl (C=O) groups is 1. The largest absolute Gasteiger partial charge is 0.370 e. The lowest BCUT2D eigenvalue weighted by molar-refractivity contribution is 0.0579. The Balaban J connectivity index is 2.16. The number of nitrogens with zero attached hydrogens (tertiary/aromatic N) is 1. The maximum absolute atomic E-state index is 11.9. The number of carbonyl (C=O) groups excluding carboxylic acids is 1. The van der Waals surface area contributed by atoms with E-state index < -0.39 is 0 Å². The predicted octanol–water partition coefficient (Wildman–Crippen LogP) is 1.69. The molecule has 0 saturated carbocycles. The van der Waals surface area contributed by atoms with Crippen LogP contribution in [-0.4, -0.2) is 23.5 Å². The topological polar surface area (TPSA) is 39.2 Å². The summed E-state index contributed by atoms with van der Waals surface area (Å²) in [7, 11) is 0. The van der Waals surface area contributed by atoms with Gasteiger partial charge >= 0.3 is 0 Å². The zero-order valence-electron chi connectivity index (χ0n) is 8.14. The third-order valence-electron chi connectivity index (χ3n) is 2.59. The lowest BCUT2D eigenvalue weighted by Gasteiger charge is -2.12. The summed E-state index contributed by atoms with van der Waals surface area (Å²) in [6.45, 7) is 2.74. The van der Waals surface area contributed by atoms with Gasteiger partial charge in [-0.2, -0.15) is 0 Å². The second-order valence-corrected chi connectivity index (χ2v) is 3.66. The summed E-state index contributed by atoms with van der Waals surface area (Å²) in [6.07, 6.45) is 3.96. The Morgan fingerprint density at radius 2 is 2.50 bits per heavy atom. The number of hydrogen-bond acceptors (Lipinski definition) is 3. The van der Waals surface area contributed by atoms with Crippen molar-refractivity contribution in [3.63, 3.8) is 0 Å². The van der Waals surface area contributed by atoms with Crippen molar-refractivity contribution < 1.29 is 9.53 Å². The number of rotatable bonds is 2. The minimum atomic E-state index is -0.265. The van der Waals surface area contributed by atoms with Gasteiger partial charge in [-0.15, -0.1) is 0 Å². The fourth-order valence-corrected chi connectivity index (χ4v) is 1.70. The molecule has 1 saturated heterocycles. The average Bonchev–Trinajstić information content (AvgIpc) is 2.65. The van der Waals surface area contributed by atoms with Gasteiger partial charge in [-0.1, -0.05) is 6.92 Å². The summed E-state index contributed by atoms with van der Waals surface area (Å²) >= 11 is 0. The highest BCUT2D eigenvalue weighted by molar-refractivity contribution is 5.99. The SMILES string of the molecule is CC1CCOC1C(=O)c1cccnc1. The van der Waals surface area contributed by atoms with Gasteiger partial charge in [0, 0.05) is 24.6 Å². The smallest absolute Gasteiger partial charge is 0.193 e. The number of hydrogen-bond donors (Lipinski definition) is 0. The third-order valence-corrected chi connectivity index (χ3v) is 2.59. The Hall–Kier alpha value is -1.22. The Morgan fingerprint density at radius 1 is 1.64 bits per heavy atom. The Bertz CT molecular complexity index is 323. The third kappa shape index (κ3) is 1.68. The fourth-order valence-electron chi connectivity index (χ4n) is 1.70. The van der Waals surface area contributed by atoms with Crippen LogP contribution in [0.15, 0.2) is 24.5 Å². The van der Waals surface area contributed by atoms with Crippen molar-refractivity contribution in [2.45, 2.75) is 19.4 Å². The normalized spacial score (nSPS) is 26.4. The first-order valence-electron chi connectivity index (χ1n) is 4.85. The van der Waals surface area contributed by atoms with Gasteiger partial charge in [-0.3, -0.25) is 9.78 Å². The zero-order valence-corrected chi connectivity index (χ0v) is 8.14. The van der Waals surface area contributed by atoms with Gasteiger partial charge in [0.2, 0.25) is 0 Å². The molecule has 2 heterocycles. The maximum Gasteiger partial charge on any atom is 0.193 e. The number of Topliss-reactive ketones (excluding diaryl/α,β-unsaturated/α-hetero) is 1. The molecular formula is C11H13NO2. The summed E-state index contributed by atoms with van der Waals surface area (Å²) in [5.41, 5.74) is 0.645. The molecule has 3 nitrogen and oxygen atoms in total. The van der Waals surface area contributed by atoms with Crippen molar-refractivity contribution in [1.29, 1.82) is 0 Å². The van der Waals surface area contributed by atoms with Gasteiger partial charge in [0.1, 0.15) is 6.10 Å². The van der Waals surface area contributed by atoms with Crippen LogP contribution in [0.2, 0.25) is 0 Å². The predicted molar refractivity (Wildman–Crippen MR) is 52.1 cm³/mol. The molecule has 1 aromatic rings. The first-order chi connectivity index (χ1) is 6.79. The van der Waals surface area contributed by atoms with Crippen molar-refractivity contribution in [1.82, 2.24) is 4.98 Å². The molecular weight excluding hydrogens is 178 g/mol. The first-order valence-corrected chi connectivity index (χ1v) is 4.85. The van der Waals surface area contributed by atoms with Crippen LogP contribution in [0.5, 0.6) is 0 Å². The highest BCUT2D eigenvalue weighted by atomic mass is 16.5. The number of ketones is 1. The van der Waals surface area contributed by atoms with Crippen molar-refractivity contribution in [2.24, 2.45) is 5.92 Å². The molecule has 0 aliphatic carbocycles. The molecule has 1 aliphatic heterocycles. The summed E-state index contributed by atoms with van der Waals surface area (Å²) < 4.78 is 5.40. The lowest BCUT2D eigenvalue weighted by Crippen LogP contribution is -2.25. The molecule has 0 bridgehead atoms. The molecule has 2 unspecified atom stereocenters. The second kappa shape index (κ2) is 3.88. The maximum atomic E-state index is 11.9. The standard InChI is InChI=1S/C11H13NO2/c1-8-4-6-14-11(8)10(13)9-3-2-5-12-7-9/h2-3,5,7-8,11H,4,6H2,1H3. The van der Waals surface area contributed by atoms with Crippen molar-refractivity contribution in [2.75, 3.05) is 6.61 Å². The van der Waals surface area contributed by atoms with E-state index in [1.807, 2.05) is 6.92 Å². The molecule has 74 valence electrons. The van der Waals surface area contributed by atoms with E-state index in [4.69, 9.17) is 4.74 Å². The average molecular weight is 191 g/mol. The van der Waals surface area contributed by atoms with E-state index in [2.05, 4.69) is 4.98 Å². The Kier molecular flexibility index (Phi) is 2.59. The summed E-state index contributed by atoms with van der Waals surface area (Å²) in [4.78, 5) is 15.8. The van der Waals surface area contributed by atoms with E-state index in [0.717, 1.165) is 6.42 Å². The van der Waals surface area contributed by atoms with Gasteiger partial charge < -0.3 is 4.74 Å². The van der Waals surface area contributed by atoms with E-state index >= 15 is 0 Å². The fraction of sp³-hybridized carbons (Fsp3) is 0.455. The van der Waals surface area contributed by atoms with E-state index in [0.29, 0.717) is 18.1 Å². The van der Waals surface area contributed by atoms with E-state index in [9.17, 15) is 4.79 Å². The highest BCUT2D eigenvalue weighted by Gasteiger charge is 2.31. The minimum Gasteiger partial charge on any atom is -0.370 e. The molecule has 1 aromatic heterocycles. The number of ether oxygens (including phenoxy) is 1. The molecule has 0 spiro atoms. The molecule has 0 N–H and O–H groups in total. The molecule has 3 heteroatoms. The minimum absolute atomic E-state index is 0.0584.